The van der Waals surface area contributed by atoms with E-state index >= 15 is 0 Å². The zero-order valence-electron chi connectivity index (χ0n) is 18.9. The number of aliphatic hydroxyl groups excluding tert-OH is 3. The number of aliphatic hydroxyl groups is 4. The van der Waals surface area contributed by atoms with Crippen LogP contribution in [0.3, 0.4) is 0 Å². The maximum absolute atomic E-state index is 13.7. The summed E-state index contributed by atoms with van der Waals surface area (Å²) in [5, 5.41) is 55.2. The second-order valence-electron chi connectivity index (χ2n) is 9.41. The normalized spacial score (nSPS) is 29.6. The molecule has 0 radical (unpaired) electrons. The van der Waals surface area contributed by atoms with Crippen molar-refractivity contribution in [3.05, 3.63) is 70.2 Å². The number of primary amides is 1. The Morgan fingerprint density at radius 2 is 1.72 bits per heavy atom. The van der Waals surface area contributed by atoms with Crippen LogP contribution in [0.4, 0.5) is 4.39 Å². The van der Waals surface area contributed by atoms with Gasteiger partial charge in [0.05, 0.1) is 11.7 Å². The lowest BCUT2D eigenvalue weighted by atomic mass is 9.55. The van der Waals surface area contributed by atoms with Gasteiger partial charge in [0.2, 0.25) is 5.78 Å². The predicted molar refractivity (Wildman–Crippen MR) is 123 cm³/mol. The SMILES string of the molecule is C[C@H]1c2c(-c3ccc(F)cc3)ccc(O)c2C(O)=C2C(=O)[C@]3(O)C(O)=C(C(N)=O)C(=O)C[C@@H]3[C@@H](O)[C@@H]21. The number of nitrogens with two attached hydrogens (primary N) is 1. The highest BCUT2D eigenvalue weighted by Gasteiger charge is 2.65. The van der Waals surface area contributed by atoms with Crippen molar-refractivity contribution < 1.29 is 44.3 Å². The molecule has 1 amide bonds. The van der Waals surface area contributed by atoms with Gasteiger partial charge in [-0.25, -0.2) is 4.39 Å². The summed E-state index contributed by atoms with van der Waals surface area (Å²) < 4.78 is 13.5. The van der Waals surface area contributed by atoms with Crippen LogP contribution in [0.25, 0.3) is 16.9 Å². The first kappa shape index (κ1) is 23.7. The van der Waals surface area contributed by atoms with E-state index < -0.39 is 81.8 Å². The van der Waals surface area contributed by atoms with Crippen molar-refractivity contribution in [3.8, 4) is 16.9 Å². The predicted octanol–water partition coefficient (Wildman–Crippen LogP) is 1.76. The maximum atomic E-state index is 13.7. The fourth-order valence-electron chi connectivity index (χ4n) is 5.96. The fraction of sp³-hybridized carbons (Fsp3) is 0.269. The van der Waals surface area contributed by atoms with Gasteiger partial charge in [-0.15, -0.1) is 0 Å². The Bertz CT molecular complexity index is 1430. The van der Waals surface area contributed by atoms with Gasteiger partial charge in [-0.3, -0.25) is 14.4 Å². The van der Waals surface area contributed by atoms with Crippen molar-refractivity contribution in [2.75, 3.05) is 0 Å². The number of hydrogen-bond donors (Lipinski definition) is 6. The summed E-state index contributed by atoms with van der Waals surface area (Å²) in [5.74, 6) is -9.79. The molecule has 3 aliphatic rings. The van der Waals surface area contributed by atoms with Gasteiger partial charge in [0.25, 0.3) is 5.91 Å². The third kappa shape index (κ3) is 2.91. The number of aromatic hydroxyl groups is 1. The van der Waals surface area contributed by atoms with Crippen LogP contribution >= 0.6 is 0 Å². The van der Waals surface area contributed by atoms with Gasteiger partial charge in [-0.1, -0.05) is 25.1 Å². The topological polar surface area (TPSA) is 178 Å². The van der Waals surface area contributed by atoms with E-state index in [1.54, 1.807) is 13.0 Å². The number of hydrogen-bond acceptors (Lipinski definition) is 8. The monoisotopic (exact) mass is 495 g/mol. The Kier molecular flexibility index (Phi) is 5.10. The van der Waals surface area contributed by atoms with Gasteiger partial charge >= 0.3 is 0 Å². The Labute approximate surface area is 203 Å². The number of fused-ring (bicyclic) bond motifs is 3. The van der Waals surface area contributed by atoms with Crippen molar-refractivity contribution in [3.63, 3.8) is 0 Å². The van der Waals surface area contributed by atoms with Crippen molar-refractivity contribution >= 4 is 23.2 Å². The van der Waals surface area contributed by atoms with Gasteiger partial charge in [0.1, 0.15) is 28.7 Å². The Balaban J connectivity index is 1.79. The van der Waals surface area contributed by atoms with Crippen LogP contribution in [0.5, 0.6) is 5.75 Å². The number of Topliss-reactive ketones (excluding diaryl/α,β-unsaturated/α-hetero) is 2. The summed E-state index contributed by atoms with van der Waals surface area (Å²) in [7, 11) is 0. The molecule has 10 heteroatoms. The van der Waals surface area contributed by atoms with E-state index in [1.165, 1.54) is 30.3 Å². The molecule has 5 rings (SSSR count). The van der Waals surface area contributed by atoms with E-state index in [1.807, 2.05) is 0 Å². The van der Waals surface area contributed by atoms with Crippen LogP contribution in [0.1, 0.15) is 30.4 Å². The summed E-state index contributed by atoms with van der Waals surface area (Å²) in [6.07, 6.45) is -2.28. The molecule has 186 valence electrons. The highest BCUT2D eigenvalue weighted by molar-refractivity contribution is 6.23. The Morgan fingerprint density at radius 1 is 1.08 bits per heavy atom. The molecule has 0 spiro atoms. The van der Waals surface area contributed by atoms with Gasteiger partial charge in [0.15, 0.2) is 11.4 Å². The van der Waals surface area contributed by atoms with Crippen LogP contribution in [-0.2, 0) is 14.4 Å². The number of carbonyl (C=O) groups is 3. The average molecular weight is 495 g/mol. The average Bonchev–Trinajstić information content (AvgIpc) is 2.82. The van der Waals surface area contributed by atoms with Crippen molar-refractivity contribution in [2.45, 2.75) is 31.0 Å². The van der Waals surface area contributed by atoms with Gasteiger partial charge in [0, 0.05) is 23.8 Å². The molecule has 36 heavy (non-hydrogen) atoms. The standard InChI is InChI=1S/C26H22FNO8/c1-9-16-12(10-2-4-11(27)5-3-10)6-7-14(29)18(16)22(32)20-17(9)21(31)13-8-15(30)19(25(28)35)23(33)26(13,36)24(20)34/h2-7,9,13,17,21,29,31-33,36H,8H2,1H3,(H2,28,35)/t9-,13+,17+,21+,26+/m0/s1. The molecule has 0 aliphatic heterocycles. The van der Waals surface area contributed by atoms with Gasteiger partial charge in [-0.2, -0.15) is 0 Å². The number of benzene rings is 2. The van der Waals surface area contributed by atoms with Crippen LogP contribution < -0.4 is 5.73 Å². The lowest BCUT2D eigenvalue weighted by molar-refractivity contribution is -0.160. The lowest BCUT2D eigenvalue weighted by Crippen LogP contribution is -2.63. The minimum Gasteiger partial charge on any atom is -0.508 e. The molecule has 0 bridgehead atoms. The minimum absolute atomic E-state index is 0.122. The number of phenols is 1. The first-order valence-corrected chi connectivity index (χ1v) is 11.2. The van der Waals surface area contributed by atoms with Crippen LogP contribution in [-0.4, -0.2) is 54.7 Å². The van der Waals surface area contributed by atoms with E-state index in [0.29, 0.717) is 16.7 Å². The number of amides is 1. The zero-order chi connectivity index (χ0) is 26.3. The summed E-state index contributed by atoms with van der Waals surface area (Å²) >= 11 is 0. The van der Waals surface area contributed by atoms with E-state index in [0.717, 1.165) is 0 Å². The number of phenolic OH excluding ortho intramolecular Hbond substituents is 1. The van der Waals surface area contributed by atoms with E-state index in [4.69, 9.17) is 5.73 Å². The van der Waals surface area contributed by atoms with Crippen LogP contribution in [0.2, 0.25) is 0 Å². The molecule has 7 N–H and O–H groups in total. The molecule has 0 aromatic heterocycles. The number of ketones is 2. The third-order valence-corrected chi connectivity index (χ3v) is 7.63. The Morgan fingerprint density at radius 3 is 2.33 bits per heavy atom. The Hall–Kier alpha value is -4.02. The van der Waals surface area contributed by atoms with Crippen molar-refractivity contribution in [1.82, 2.24) is 0 Å². The van der Waals surface area contributed by atoms with Crippen molar-refractivity contribution in [1.29, 1.82) is 0 Å². The highest BCUT2D eigenvalue weighted by atomic mass is 19.1. The van der Waals surface area contributed by atoms with Crippen LogP contribution in [0.15, 0.2) is 53.3 Å². The van der Waals surface area contributed by atoms with E-state index in [2.05, 4.69) is 0 Å². The lowest BCUT2D eigenvalue weighted by Gasteiger charge is -2.50. The molecule has 2 aromatic rings. The molecule has 3 aliphatic carbocycles. The summed E-state index contributed by atoms with van der Waals surface area (Å²) in [4.78, 5) is 38.0. The number of carbonyl (C=O) groups excluding carboxylic acids is 3. The molecule has 1 fully saturated rings. The second kappa shape index (κ2) is 7.74. The molecule has 0 heterocycles. The summed E-state index contributed by atoms with van der Waals surface area (Å²) in [6.45, 7) is 1.64. The number of rotatable bonds is 2. The molecule has 0 saturated heterocycles. The first-order valence-electron chi connectivity index (χ1n) is 11.2. The van der Waals surface area contributed by atoms with E-state index in [9.17, 15) is 44.3 Å². The van der Waals surface area contributed by atoms with Crippen LogP contribution in [0, 0.1) is 17.7 Å². The minimum atomic E-state index is -2.89. The molecule has 1 saturated carbocycles. The highest BCUT2D eigenvalue weighted by Crippen LogP contribution is 2.57. The molecule has 9 nitrogen and oxygen atoms in total. The molecule has 2 aromatic carbocycles. The quantitative estimate of drug-likeness (QED) is 0.341. The molecule has 5 atom stereocenters. The fourth-order valence-corrected chi connectivity index (χ4v) is 5.96. The first-order chi connectivity index (χ1) is 16.9. The molecular weight excluding hydrogens is 473 g/mol. The van der Waals surface area contributed by atoms with Crippen molar-refractivity contribution in [2.24, 2.45) is 17.6 Å². The largest absolute Gasteiger partial charge is 0.508 e. The van der Waals surface area contributed by atoms with E-state index in [-0.39, 0.29) is 11.3 Å². The van der Waals surface area contributed by atoms with Gasteiger partial charge < -0.3 is 31.3 Å². The smallest absolute Gasteiger partial charge is 0.255 e. The molecular formula is C26H22FNO8. The zero-order valence-corrected chi connectivity index (χ0v) is 18.9. The summed E-state index contributed by atoms with van der Waals surface area (Å²) in [6, 6.07) is 8.31. The maximum Gasteiger partial charge on any atom is 0.255 e. The summed E-state index contributed by atoms with van der Waals surface area (Å²) in [5.41, 5.74) is 2.17. The van der Waals surface area contributed by atoms with Gasteiger partial charge in [-0.05, 0) is 40.8 Å². The number of halogens is 1. The second-order valence-corrected chi connectivity index (χ2v) is 9.41. The third-order valence-electron chi connectivity index (χ3n) is 7.63. The molecule has 0 unspecified atom stereocenters.